The molecule has 1 amide bonds. The number of likely N-dealkylation sites (tertiary alicyclic amines) is 1. The fraction of sp³-hybridized carbons (Fsp3) is 0.818. The van der Waals surface area contributed by atoms with Gasteiger partial charge in [-0.15, -0.1) is 0 Å². The third-order valence-electron chi connectivity index (χ3n) is 2.47. The lowest BCUT2D eigenvalue weighted by Gasteiger charge is -2.37. The second-order valence-electron chi connectivity index (χ2n) is 5.36. The Morgan fingerprint density at radius 1 is 1.39 bits per heavy atom. The molecule has 7 heteroatoms. The largest absolute Gasteiger partial charge is 0.480 e. The van der Waals surface area contributed by atoms with E-state index >= 15 is 0 Å². The fourth-order valence-electron chi connectivity index (χ4n) is 1.71. The maximum absolute atomic E-state index is 13.2. The van der Waals surface area contributed by atoms with Crippen LogP contribution in [0.1, 0.15) is 33.6 Å². The second-order valence-corrected chi connectivity index (χ2v) is 5.36. The molecule has 18 heavy (non-hydrogen) atoms. The maximum atomic E-state index is 13.2. The van der Waals surface area contributed by atoms with Crippen LogP contribution >= 0.6 is 0 Å². The number of carbonyl (C=O) groups is 2. The summed E-state index contributed by atoms with van der Waals surface area (Å²) in [7, 11) is 0. The summed E-state index contributed by atoms with van der Waals surface area (Å²) >= 11 is 0. The van der Waals surface area contributed by atoms with Gasteiger partial charge >= 0.3 is 12.1 Å². The molecule has 0 radical (unpaired) electrons. The van der Waals surface area contributed by atoms with Crippen molar-refractivity contribution >= 4 is 12.1 Å². The van der Waals surface area contributed by atoms with Crippen molar-refractivity contribution in [3.05, 3.63) is 0 Å². The molecule has 1 rings (SSSR count). The molecular formula is C11H17F2NO4. The van der Waals surface area contributed by atoms with Crippen LogP contribution in [0.3, 0.4) is 0 Å². The summed E-state index contributed by atoms with van der Waals surface area (Å²) in [5.74, 6) is -4.36. The Morgan fingerprint density at radius 3 is 2.39 bits per heavy atom. The molecule has 104 valence electrons. The number of hydrogen-bond donors (Lipinski definition) is 1. The number of rotatable bonds is 1. The smallest absolute Gasteiger partial charge is 0.411 e. The Morgan fingerprint density at radius 2 is 1.94 bits per heavy atom. The van der Waals surface area contributed by atoms with Gasteiger partial charge in [0.2, 0.25) is 0 Å². The maximum Gasteiger partial charge on any atom is 0.411 e. The van der Waals surface area contributed by atoms with Crippen molar-refractivity contribution in [1.82, 2.24) is 4.90 Å². The molecule has 0 bridgehead atoms. The number of carboxylic acids is 1. The molecule has 0 spiro atoms. The van der Waals surface area contributed by atoms with Gasteiger partial charge in [0, 0.05) is 6.42 Å². The molecule has 1 heterocycles. The first-order valence-electron chi connectivity index (χ1n) is 5.62. The minimum atomic E-state index is -3.07. The van der Waals surface area contributed by atoms with Gasteiger partial charge in [-0.25, -0.2) is 18.4 Å². The molecule has 1 aliphatic heterocycles. The zero-order chi connectivity index (χ0) is 14.1. The van der Waals surface area contributed by atoms with Crippen LogP contribution in [-0.4, -0.2) is 46.2 Å². The summed E-state index contributed by atoms with van der Waals surface area (Å²) in [4.78, 5) is 23.3. The molecule has 1 saturated heterocycles. The van der Waals surface area contributed by atoms with Crippen LogP contribution in [0.25, 0.3) is 0 Å². The van der Waals surface area contributed by atoms with Gasteiger partial charge in [0.15, 0.2) is 0 Å². The Hall–Kier alpha value is -1.40. The summed E-state index contributed by atoms with van der Waals surface area (Å²) in [6, 6.07) is -1.25. The first-order chi connectivity index (χ1) is 8.02. The Kier molecular flexibility index (Phi) is 3.83. The van der Waals surface area contributed by atoms with E-state index in [1.165, 1.54) is 0 Å². The average Bonchev–Trinajstić information content (AvgIpc) is 2.12. The van der Waals surface area contributed by atoms with Gasteiger partial charge in [0.1, 0.15) is 11.6 Å². The van der Waals surface area contributed by atoms with Gasteiger partial charge in [-0.3, -0.25) is 4.90 Å². The van der Waals surface area contributed by atoms with Crippen molar-refractivity contribution < 1.29 is 28.2 Å². The van der Waals surface area contributed by atoms with E-state index in [0.717, 1.165) is 0 Å². The highest BCUT2D eigenvalue weighted by molar-refractivity contribution is 5.80. The minimum absolute atomic E-state index is 0.276. The van der Waals surface area contributed by atoms with Crippen LogP contribution in [-0.2, 0) is 9.53 Å². The number of carbonyl (C=O) groups excluding carboxylic acids is 1. The first kappa shape index (κ1) is 14.7. The normalized spacial score (nSPS) is 23.6. The van der Waals surface area contributed by atoms with Crippen molar-refractivity contribution in [1.29, 1.82) is 0 Å². The average molecular weight is 265 g/mol. The lowest BCUT2D eigenvalue weighted by molar-refractivity contribution is -0.151. The van der Waals surface area contributed by atoms with E-state index in [1.54, 1.807) is 20.8 Å². The van der Waals surface area contributed by atoms with Crippen molar-refractivity contribution in [3.63, 3.8) is 0 Å². The Labute approximate surface area is 104 Å². The Balaban J connectivity index is 2.85. The lowest BCUT2D eigenvalue weighted by atomic mass is 10.00. The van der Waals surface area contributed by atoms with E-state index in [-0.39, 0.29) is 6.42 Å². The van der Waals surface area contributed by atoms with E-state index in [1.807, 2.05) is 0 Å². The number of hydrogen-bond acceptors (Lipinski definition) is 3. The first-order valence-corrected chi connectivity index (χ1v) is 5.62. The van der Waals surface area contributed by atoms with Crippen LogP contribution in [0.15, 0.2) is 0 Å². The number of piperidine rings is 1. The highest BCUT2D eigenvalue weighted by atomic mass is 19.3. The van der Waals surface area contributed by atoms with E-state index < -0.39 is 42.6 Å². The van der Waals surface area contributed by atoms with Gasteiger partial charge in [0.25, 0.3) is 5.92 Å². The monoisotopic (exact) mass is 265 g/mol. The van der Waals surface area contributed by atoms with Crippen LogP contribution in [0, 0.1) is 0 Å². The zero-order valence-corrected chi connectivity index (χ0v) is 10.6. The molecule has 5 nitrogen and oxygen atoms in total. The van der Waals surface area contributed by atoms with Gasteiger partial charge in [-0.1, -0.05) is 0 Å². The molecule has 0 aliphatic carbocycles. The predicted molar refractivity (Wildman–Crippen MR) is 58.5 cm³/mol. The SMILES string of the molecule is CC(C)(C)OC(=O)N1CC(F)(F)CCC1C(=O)O. The zero-order valence-electron chi connectivity index (χ0n) is 10.6. The van der Waals surface area contributed by atoms with Crippen LogP contribution in [0.2, 0.25) is 0 Å². The summed E-state index contributed by atoms with van der Waals surface area (Å²) in [5.41, 5.74) is -0.854. The standard InChI is InChI=1S/C11H17F2NO4/c1-10(2,3)18-9(17)14-6-11(12,13)5-4-7(14)8(15)16/h7H,4-6H2,1-3H3,(H,15,16). The fourth-order valence-corrected chi connectivity index (χ4v) is 1.71. The Bertz CT molecular complexity index is 351. The highest BCUT2D eigenvalue weighted by Crippen LogP contribution is 2.31. The van der Waals surface area contributed by atoms with E-state index in [9.17, 15) is 18.4 Å². The molecule has 1 atom stereocenters. The number of nitrogens with zero attached hydrogens (tertiary/aromatic N) is 1. The van der Waals surface area contributed by atoms with Crippen molar-refractivity contribution in [3.8, 4) is 0 Å². The summed E-state index contributed by atoms with van der Waals surface area (Å²) < 4.78 is 31.4. The summed E-state index contributed by atoms with van der Waals surface area (Å²) in [6.45, 7) is 3.84. The van der Waals surface area contributed by atoms with E-state index in [2.05, 4.69) is 0 Å². The summed E-state index contributed by atoms with van der Waals surface area (Å²) in [5, 5.41) is 8.93. The van der Waals surface area contributed by atoms with E-state index in [4.69, 9.17) is 9.84 Å². The van der Waals surface area contributed by atoms with Crippen LogP contribution < -0.4 is 0 Å². The quantitative estimate of drug-likeness (QED) is 0.788. The topological polar surface area (TPSA) is 66.8 Å². The second kappa shape index (κ2) is 4.70. The third kappa shape index (κ3) is 3.82. The van der Waals surface area contributed by atoms with Crippen molar-refractivity contribution in [2.45, 2.75) is 51.2 Å². The molecular weight excluding hydrogens is 248 g/mol. The van der Waals surface area contributed by atoms with Crippen molar-refractivity contribution in [2.24, 2.45) is 0 Å². The molecule has 1 fully saturated rings. The molecule has 1 aliphatic rings. The molecule has 0 aromatic carbocycles. The number of alkyl halides is 2. The molecule has 1 unspecified atom stereocenters. The third-order valence-corrected chi connectivity index (χ3v) is 2.47. The minimum Gasteiger partial charge on any atom is -0.480 e. The van der Waals surface area contributed by atoms with Crippen LogP contribution in [0.5, 0.6) is 0 Å². The number of amides is 1. The lowest BCUT2D eigenvalue weighted by Crippen LogP contribution is -2.55. The molecule has 0 saturated carbocycles. The number of ether oxygens (including phenoxy) is 1. The molecule has 0 aromatic rings. The number of halogens is 2. The van der Waals surface area contributed by atoms with Crippen molar-refractivity contribution in [2.75, 3.05) is 6.54 Å². The summed E-state index contributed by atoms with van der Waals surface area (Å²) in [6.07, 6.45) is -1.83. The van der Waals surface area contributed by atoms with Crippen LogP contribution in [0.4, 0.5) is 13.6 Å². The molecule has 1 N–H and O–H groups in total. The van der Waals surface area contributed by atoms with E-state index in [0.29, 0.717) is 4.90 Å². The van der Waals surface area contributed by atoms with Gasteiger partial charge in [0.05, 0.1) is 6.54 Å². The van der Waals surface area contributed by atoms with Gasteiger partial charge in [-0.2, -0.15) is 0 Å². The predicted octanol–water partition coefficient (Wildman–Crippen LogP) is 2.11. The number of carboxylic acid groups (broad SMARTS) is 1. The molecule has 0 aromatic heterocycles. The van der Waals surface area contributed by atoms with Gasteiger partial charge in [-0.05, 0) is 27.2 Å². The van der Waals surface area contributed by atoms with Gasteiger partial charge < -0.3 is 9.84 Å². The number of aliphatic carboxylic acids is 1. The highest BCUT2D eigenvalue weighted by Gasteiger charge is 2.46.